The van der Waals surface area contributed by atoms with E-state index in [4.69, 9.17) is 11.1 Å². The van der Waals surface area contributed by atoms with Crippen LogP contribution in [-0.4, -0.2) is 11.6 Å². The van der Waals surface area contributed by atoms with Gasteiger partial charge in [0.25, 0.3) is 0 Å². The third kappa shape index (κ3) is 4.29. The van der Waals surface area contributed by atoms with Crippen LogP contribution >= 0.6 is 0 Å². The minimum atomic E-state index is -0.729. The molecule has 3 nitrogen and oxygen atoms in total. The highest BCUT2D eigenvalue weighted by atomic mass is 16.1. The van der Waals surface area contributed by atoms with E-state index in [1.165, 1.54) is 0 Å². The molecule has 0 aliphatic heterocycles. The summed E-state index contributed by atoms with van der Waals surface area (Å²) in [7, 11) is 0. The number of carbonyl (C=O) groups excluding carboxylic acids is 1. The summed E-state index contributed by atoms with van der Waals surface area (Å²) in [6.45, 7) is 1.85. The summed E-state index contributed by atoms with van der Waals surface area (Å²) in [5.41, 5.74) is 7.58. The van der Waals surface area contributed by atoms with Crippen molar-refractivity contribution >= 4 is 11.6 Å². The van der Waals surface area contributed by atoms with E-state index >= 15 is 0 Å². The first kappa shape index (κ1) is 16.0. The molecule has 22 heavy (non-hydrogen) atoms. The van der Waals surface area contributed by atoms with Crippen LogP contribution in [0.1, 0.15) is 24.5 Å². The van der Waals surface area contributed by atoms with E-state index in [2.05, 4.69) is 0 Å². The minimum Gasteiger partial charge on any atom is -0.369 e. The van der Waals surface area contributed by atoms with Gasteiger partial charge in [0.2, 0.25) is 5.91 Å². The first-order chi connectivity index (χ1) is 10.5. The Balaban J connectivity index is 2.07. The molecular weight excluding hydrogens is 272 g/mol. The molecule has 2 aromatic carbocycles. The first-order valence-corrected chi connectivity index (χ1v) is 7.44. The lowest BCUT2D eigenvalue weighted by molar-refractivity contribution is -0.126. The Kier molecular flexibility index (Phi) is 5.10. The molecule has 0 heterocycles. The molecule has 0 radical (unpaired) electrons. The molecule has 0 fully saturated rings. The summed E-state index contributed by atoms with van der Waals surface area (Å²) in [6.07, 6.45) is 1.49. The number of carbonyl (C=O) groups is 1. The fourth-order valence-electron chi connectivity index (χ4n) is 2.66. The smallest absolute Gasteiger partial charge is 0.224 e. The Hall–Kier alpha value is -2.42. The van der Waals surface area contributed by atoms with E-state index in [0.29, 0.717) is 25.0 Å². The Morgan fingerprint density at radius 1 is 1.00 bits per heavy atom. The monoisotopic (exact) mass is 294 g/mol. The zero-order chi connectivity index (χ0) is 16.0. The Morgan fingerprint density at radius 2 is 1.50 bits per heavy atom. The molecule has 0 aliphatic rings. The van der Waals surface area contributed by atoms with Crippen LogP contribution in [0.15, 0.2) is 60.7 Å². The van der Waals surface area contributed by atoms with Crippen LogP contribution in [0.5, 0.6) is 0 Å². The van der Waals surface area contributed by atoms with E-state index in [1.807, 2.05) is 67.6 Å². The standard InChI is InChI=1S/C19H22N2O/c1-19(18(21)22,13-16-10-6-3-7-11-16)14-17(20)12-15-8-4-2-5-9-15/h2-11,20H,12-14H2,1H3,(H2,21,22). The molecule has 0 saturated heterocycles. The molecule has 1 amide bonds. The van der Waals surface area contributed by atoms with Gasteiger partial charge < -0.3 is 11.1 Å². The van der Waals surface area contributed by atoms with Crippen molar-refractivity contribution in [2.75, 3.05) is 0 Å². The molecule has 3 heteroatoms. The molecule has 0 bridgehead atoms. The van der Waals surface area contributed by atoms with Gasteiger partial charge in [-0.25, -0.2) is 0 Å². The molecular formula is C19H22N2O. The zero-order valence-electron chi connectivity index (χ0n) is 12.9. The topological polar surface area (TPSA) is 66.9 Å². The van der Waals surface area contributed by atoms with Crippen molar-refractivity contribution in [1.29, 1.82) is 5.41 Å². The second-order valence-electron chi connectivity index (χ2n) is 6.03. The largest absolute Gasteiger partial charge is 0.369 e. The number of hydrogen-bond acceptors (Lipinski definition) is 2. The van der Waals surface area contributed by atoms with Crippen molar-refractivity contribution < 1.29 is 4.79 Å². The number of amides is 1. The zero-order valence-corrected chi connectivity index (χ0v) is 12.9. The second-order valence-corrected chi connectivity index (χ2v) is 6.03. The molecule has 1 unspecified atom stereocenters. The molecule has 3 N–H and O–H groups in total. The van der Waals surface area contributed by atoms with Crippen LogP contribution in [0, 0.1) is 10.8 Å². The van der Waals surface area contributed by atoms with Gasteiger partial charge in [-0.3, -0.25) is 4.79 Å². The van der Waals surface area contributed by atoms with Crippen LogP contribution in [-0.2, 0) is 17.6 Å². The van der Waals surface area contributed by atoms with Gasteiger partial charge in [0.05, 0.1) is 5.41 Å². The summed E-state index contributed by atoms with van der Waals surface area (Å²) in [5, 5.41) is 8.23. The second kappa shape index (κ2) is 7.03. The third-order valence-corrected chi connectivity index (χ3v) is 3.90. The van der Waals surface area contributed by atoms with E-state index in [9.17, 15) is 4.79 Å². The van der Waals surface area contributed by atoms with E-state index in [1.54, 1.807) is 0 Å². The number of nitrogens with two attached hydrogens (primary N) is 1. The van der Waals surface area contributed by atoms with Crippen LogP contribution in [0.3, 0.4) is 0 Å². The van der Waals surface area contributed by atoms with E-state index < -0.39 is 5.41 Å². The molecule has 2 rings (SSSR count). The first-order valence-electron chi connectivity index (χ1n) is 7.44. The van der Waals surface area contributed by atoms with Crippen molar-refractivity contribution in [3.05, 3.63) is 71.8 Å². The maximum absolute atomic E-state index is 11.9. The SMILES string of the molecule is CC(CC(=N)Cc1ccccc1)(Cc1ccccc1)C(N)=O. The summed E-state index contributed by atoms with van der Waals surface area (Å²) in [4.78, 5) is 11.9. The highest BCUT2D eigenvalue weighted by Crippen LogP contribution is 2.27. The van der Waals surface area contributed by atoms with Gasteiger partial charge in [-0.05, 0) is 24.0 Å². The van der Waals surface area contributed by atoms with Crippen molar-refractivity contribution in [3.63, 3.8) is 0 Å². The van der Waals surface area contributed by atoms with Crippen LogP contribution < -0.4 is 5.73 Å². The average molecular weight is 294 g/mol. The van der Waals surface area contributed by atoms with E-state index in [0.717, 1.165) is 11.1 Å². The maximum atomic E-state index is 11.9. The number of hydrogen-bond donors (Lipinski definition) is 2. The van der Waals surface area contributed by atoms with Gasteiger partial charge in [0.1, 0.15) is 0 Å². The number of rotatable bonds is 7. The number of primary amides is 1. The van der Waals surface area contributed by atoms with Crippen molar-refractivity contribution in [1.82, 2.24) is 0 Å². The lowest BCUT2D eigenvalue weighted by Gasteiger charge is -2.26. The molecule has 114 valence electrons. The predicted octanol–water partition coefficient (Wildman–Crippen LogP) is 3.37. The fourth-order valence-corrected chi connectivity index (χ4v) is 2.66. The van der Waals surface area contributed by atoms with Crippen LogP contribution in [0.25, 0.3) is 0 Å². The minimum absolute atomic E-state index is 0.353. The average Bonchev–Trinajstić information content (AvgIpc) is 2.48. The predicted molar refractivity (Wildman–Crippen MR) is 89.9 cm³/mol. The highest BCUT2D eigenvalue weighted by Gasteiger charge is 2.32. The molecule has 0 spiro atoms. The fraction of sp³-hybridized carbons (Fsp3) is 0.263. The maximum Gasteiger partial charge on any atom is 0.224 e. The molecule has 1 atom stereocenters. The molecule has 0 saturated carbocycles. The lowest BCUT2D eigenvalue weighted by atomic mass is 9.77. The summed E-state index contributed by atoms with van der Waals surface area (Å²) < 4.78 is 0. The quantitative estimate of drug-likeness (QED) is 0.755. The summed E-state index contributed by atoms with van der Waals surface area (Å²) in [6, 6.07) is 19.7. The van der Waals surface area contributed by atoms with Gasteiger partial charge >= 0.3 is 0 Å². The van der Waals surface area contributed by atoms with Gasteiger partial charge in [-0.15, -0.1) is 0 Å². The summed E-state index contributed by atoms with van der Waals surface area (Å²) >= 11 is 0. The molecule has 0 aromatic heterocycles. The summed E-state index contributed by atoms with van der Waals surface area (Å²) in [5.74, 6) is -0.353. The lowest BCUT2D eigenvalue weighted by Crippen LogP contribution is -2.38. The Labute approximate surface area is 131 Å². The Bertz CT molecular complexity index is 637. The van der Waals surface area contributed by atoms with Gasteiger partial charge in [-0.2, -0.15) is 0 Å². The number of nitrogens with one attached hydrogen (secondary N) is 1. The normalized spacial score (nSPS) is 13.3. The van der Waals surface area contributed by atoms with Gasteiger partial charge in [0.15, 0.2) is 0 Å². The van der Waals surface area contributed by atoms with Crippen LogP contribution in [0.2, 0.25) is 0 Å². The Morgan fingerprint density at radius 3 is 2.00 bits per heavy atom. The van der Waals surface area contributed by atoms with Gasteiger partial charge in [-0.1, -0.05) is 67.6 Å². The van der Waals surface area contributed by atoms with Crippen molar-refractivity contribution in [2.45, 2.75) is 26.2 Å². The highest BCUT2D eigenvalue weighted by molar-refractivity contribution is 5.91. The third-order valence-electron chi connectivity index (χ3n) is 3.90. The van der Waals surface area contributed by atoms with E-state index in [-0.39, 0.29) is 5.91 Å². The van der Waals surface area contributed by atoms with Crippen molar-refractivity contribution in [3.8, 4) is 0 Å². The number of benzene rings is 2. The van der Waals surface area contributed by atoms with Crippen LogP contribution in [0.4, 0.5) is 0 Å². The molecule has 0 aliphatic carbocycles. The van der Waals surface area contributed by atoms with Gasteiger partial charge in [0, 0.05) is 12.1 Å². The van der Waals surface area contributed by atoms with Crippen molar-refractivity contribution in [2.24, 2.45) is 11.1 Å². The molecule has 2 aromatic rings.